The van der Waals surface area contributed by atoms with Gasteiger partial charge in [0.05, 0.1) is 17.6 Å². The zero-order valence-electron chi connectivity index (χ0n) is 11.6. The molecule has 0 aliphatic carbocycles. The molecule has 1 aromatic heterocycles. The number of benzene rings is 1. The normalized spacial score (nSPS) is 20.0. The molecule has 1 fully saturated rings. The Morgan fingerprint density at radius 1 is 1.47 bits per heavy atom. The Bertz CT molecular complexity index is 570. The van der Waals surface area contributed by atoms with Gasteiger partial charge >= 0.3 is 0 Å². The number of imidazole rings is 1. The molecule has 0 radical (unpaired) electrons. The molecule has 0 spiro atoms. The first-order chi connectivity index (χ1) is 9.24. The minimum atomic E-state index is 0.495. The molecule has 1 saturated heterocycles. The van der Waals surface area contributed by atoms with Crippen LogP contribution >= 0.6 is 0 Å². The van der Waals surface area contributed by atoms with Crippen molar-refractivity contribution in [2.75, 3.05) is 13.2 Å². The van der Waals surface area contributed by atoms with Crippen LogP contribution in [0.5, 0.6) is 0 Å². The van der Waals surface area contributed by atoms with Crippen LogP contribution in [0.15, 0.2) is 18.2 Å². The fourth-order valence-corrected chi connectivity index (χ4v) is 2.64. The van der Waals surface area contributed by atoms with Crippen molar-refractivity contribution in [3.63, 3.8) is 0 Å². The van der Waals surface area contributed by atoms with Crippen molar-refractivity contribution in [1.29, 1.82) is 0 Å². The van der Waals surface area contributed by atoms with Gasteiger partial charge in [0.1, 0.15) is 5.82 Å². The monoisotopic (exact) mass is 259 g/mol. The number of fused-ring (bicyclic) bond motifs is 1. The molecule has 0 amide bonds. The van der Waals surface area contributed by atoms with E-state index >= 15 is 0 Å². The van der Waals surface area contributed by atoms with E-state index in [1.165, 1.54) is 17.5 Å². The van der Waals surface area contributed by atoms with Gasteiger partial charge in [-0.25, -0.2) is 4.98 Å². The first-order valence-electron chi connectivity index (χ1n) is 6.97. The van der Waals surface area contributed by atoms with E-state index in [4.69, 9.17) is 4.74 Å². The van der Waals surface area contributed by atoms with Crippen LogP contribution in [0, 0.1) is 6.92 Å². The molecule has 1 N–H and O–H groups in total. The Balaban J connectivity index is 1.70. The molecule has 1 atom stereocenters. The summed E-state index contributed by atoms with van der Waals surface area (Å²) in [5, 5.41) is 3.56. The summed E-state index contributed by atoms with van der Waals surface area (Å²) in [7, 11) is 2.06. The van der Waals surface area contributed by atoms with E-state index in [2.05, 4.69) is 40.1 Å². The van der Waals surface area contributed by atoms with Crippen molar-refractivity contribution in [2.45, 2.75) is 32.4 Å². The molecule has 0 unspecified atom stereocenters. The molecule has 2 aromatic rings. The number of nitrogens with one attached hydrogen (secondary N) is 1. The van der Waals surface area contributed by atoms with Crippen LogP contribution in [0.2, 0.25) is 0 Å². The van der Waals surface area contributed by atoms with Gasteiger partial charge in [0, 0.05) is 26.2 Å². The van der Waals surface area contributed by atoms with E-state index in [0.29, 0.717) is 6.04 Å². The van der Waals surface area contributed by atoms with Gasteiger partial charge in [0.15, 0.2) is 0 Å². The second-order valence-electron chi connectivity index (χ2n) is 5.34. The van der Waals surface area contributed by atoms with Gasteiger partial charge in [-0.15, -0.1) is 0 Å². The van der Waals surface area contributed by atoms with Crippen LogP contribution in [0.1, 0.15) is 24.2 Å². The smallest absolute Gasteiger partial charge is 0.106 e. The number of rotatable bonds is 3. The fraction of sp³-hybridized carbons (Fsp3) is 0.533. The third kappa shape index (κ3) is 2.65. The maximum atomic E-state index is 5.48. The minimum absolute atomic E-state index is 0.495. The van der Waals surface area contributed by atoms with Crippen molar-refractivity contribution >= 4 is 11.0 Å². The molecule has 102 valence electrons. The maximum absolute atomic E-state index is 5.48. The standard InChI is InChI=1S/C15H21N3O/c1-11-17-14-8-12(5-6-15(14)18(11)2)9-16-13-4-3-7-19-10-13/h5-6,8,13,16H,3-4,7,9-10H2,1-2H3/t13-/m1/s1. The predicted molar refractivity (Wildman–Crippen MR) is 76.1 cm³/mol. The van der Waals surface area contributed by atoms with E-state index in [1.54, 1.807) is 0 Å². The lowest BCUT2D eigenvalue weighted by Crippen LogP contribution is -2.36. The summed E-state index contributed by atoms with van der Waals surface area (Å²) in [5.74, 6) is 1.06. The molecule has 0 saturated carbocycles. The quantitative estimate of drug-likeness (QED) is 0.918. The number of aromatic nitrogens is 2. The summed E-state index contributed by atoms with van der Waals surface area (Å²) >= 11 is 0. The van der Waals surface area contributed by atoms with Gasteiger partial charge in [-0.05, 0) is 37.5 Å². The first kappa shape index (κ1) is 12.6. The van der Waals surface area contributed by atoms with Crippen LogP contribution < -0.4 is 5.32 Å². The molecule has 3 rings (SSSR count). The number of hydrogen-bond acceptors (Lipinski definition) is 3. The molecular weight excluding hydrogens is 238 g/mol. The average molecular weight is 259 g/mol. The summed E-state index contributed by atoms with van der Waals surface area (Å²) in [5.41, 5.74) is 3.57. The van der Waals surface area contributed by atoms with Crippen LogP contribution in [-0.2, 0) is 18.3 Å². The Morgan fingerprint density at radius 3 is 3.16 bits per heavy atom. The van der Waals surface area contributed by atoms with Crippen molar-refractivity contribution in [3.05, 3.63) is 29.6 Å². The molecule has 4 heteroatoms. The average Bonchev–Trinajstić information content (AvgIpc) is 2.73. The Kier molecular flexibility index (Phi) is 3.53. The highest BCUT2D eigenvalue weighted by atomic mass is 16.5. The molecular formula is C15H21N3O. The number of ether oxygens (including phenoxy) is 1. The number of nitrogens with zero attached hydrogens (tertiary/aromatic N) is 2. The topological polar surface area (TPSA) is 39.1 Å². The molecule has 1 aromatic carbocycles. The van der Waals surface area contributed by atoms with E-state index in [0.717, 1.165) is 37.5 Å². The molecule has 4 nitrogen and oxygen atoms in total. The summed E-state index contributed by atoms with van der Waals surface area (Å²) in [6, 6.07) is 7.01. The number of hydrogen-bond donors (Lipinski definition) is 1. The second kappa shape index (κ2) is 5.31. The zero-order chi connectivity index (χ0) is 13.2. The Labute approximate surface area is 113 Å². The molecule has 2 heterocycles. The highest BCUT2D eigenvalue weighted by Crippen LogP contribution is 2.16. The van der Waals surface area contributed by atoms with E-state index in [-0.39, 0.29) is 0 Å². The van der Waals surface area contributed by atoms with Crippen molar-refractivity contribution in [3.8, 4) is 0 Å². The highest BCUT2D eigenvalue weighted by molar-refractivity contribution is 5.76. The summed E-state index contributed by atoms with van der Waals surface area (Å²) in [6.07, 6.45) is 2.38. The first-order valence-corrected chi connectivity index (χ1v) is 6.97. The highest BCUT2D eigenvalue weighted by Gasteiger charge is 2.13. The third-order valence-electron chi connectivity index (χ3n) is 3.92. The van der Waals surface area contributed by atoms with Gasteiger partial charge in [-0.2, -0.15) is 0 Å². The maximum Gasteiger partial charge on any atom is 0.106 e. The van der Waals surface area contributed by atoms with Crippen molar-refractivity contribution in [2.24, 2.45) is 7.05 Å². The summed E-state index contributed by atoms with van der Waals surface area (Å²) in [4.78, 5) is 4.58. The molecule has 1 aliphatic heterocycles. The van der Waals surface area contributed by atoms with Crippen LogP contribution in [-0.4, -0.2) is 28.8 Å². The van der Waals surface area contributed by atoms with Gasteiger partial charge < -0.3 is 14.6 Å². The van der Waals surface area contributed by atoms with Crippen LogP contribution in [0.3, 0.4) is 0 Å². The van der Waals surface area contributed by atoms with Crippen LogP contribution in [0.4, 0.5) is 0 Å². The molecule has 0 bridgehead atoms. The lowest BCUT2D eigenvalue weighted by atomic mass is 10.1. The summed E-state index contributed by atoms with van der Waals surface area (Å²) in [6.45, 7) is 4.68. The minimum Gasteiger partial charge on any atom is -0.380 e. The fourth-order valence-electron chi connectivity index (χ4n) is 2.64. The Hall–Kier alpha value is -1.39. The second-order valence-corrected chi connectivity index (χ2v) is 5.34. The third-order valence-corrected chi connectivity index (χ3v) is 3.92. The van der Waals surface area contributed by atoms with Crippen LogP contribution in [0.25, 0.3) is 11.0 Å². The largest absolute Gasteiger partial charge is 0.380 e. The van der Waals surface area contributed by atoms with Gasteiger partial charge in [0.2, 0.25) is 0 Å². The predicted octanol–water partition coefficient (Wildman–Crippen LogP) is 2.15. The molecule has 1 aliphatic rings. The van der Waals surface area contributed by atoms with E-state index in [9.17, 15) is 0 Å². The van der Waals surface area contributed by atoms with Crippen molar-refractivity contribution < 1.29 is 4.74 Å². The molecule has 19 heavy (non-hydrogen) atoms. The lowest BCUT2D eigenvalue weighted by Gasteiger charge is -2.23. The lowest BCUT2D eigenvalue weighted by molar-refractivity contribution is 0.0699. The van der Waals surface area contributed by atoms with Gasteiger partial charge in [-0.3, -0.25) is 0 Å². The van der Waals surface area contributed by atoms with Gasteiger partial charge in [-0.1, -0.05) is 6.07 Å². The van der Waals surface area contributed by atoms with E-state index in [1.807, 2.05) is 6.92 Å². The van der Waals surface area contributed by atoms with Crippen molar-refractivity contribution in [1.82, 2.24) is 14.9 Å². The van der Waals surface area contributed by atoms with E-state index < -0.39 is 0 Å². The Morgan fingerprint density at radius 2 is 2.37 bits per heavy atom. The SMILES string of the molecule is Cc1nc2cc(CN[C@@H]3CCCOC3)ccc2n1C. The number of aryl methyl sites for hydroxylation is 2. The van der Waals surface area contributed by atoms with Gasteiger partial charge in [0.25, 0.3) is 0 Å². The summed E-state index contributed by atoms with van der Waals surface area (Å²) < 4.78 is 7.61. The zero-order valence-corrected chi connectivity index (χ0v) is 11.6.